The van der Waals surface area contributed by atoms with Gasteiger partial charge in [0.2, 0.25) is 0 Å². The molecule has 0 radical (unpaired) electrons. The van der Waals surface area contributed by atoms with Crippen molar-refractivity contribution in [3.8, 4) is 0 Å². The SMILES string of the molecule is CC1(C)CCC(N2CCN(C(C)(C)C)CC2)C1.CCC(C)CN1CCN(C(C)(C)C)CC1.CCCCC(C)N1CCN(C(C)(C)C)CC1.COCCN1CCN(C(C)(C)C)CC1. The summed E-state index contributed by atoms with van der Waals surface area (Å²) in [7, 11) is 1.77. The molecule has 0 bridgehead atoms. The molecule has 1 saturated carbocycles. The molecule has 3 unspecified atom stereocenters. The molecule has 0 spiro atoms. The number of hydrogen-bond donors (Lipinski definition) is 0. The summed E-state index contributed by atoms with van der Waals surface area (Å²) in [5.74, 6) is 0.853. The lowest BCUT2D eigenvalue weighted by Gasteiger charge is -2.44. The first-order chi connectivity index (χ1) is 28.7. The second-order valence-corrected chi connectivity index (χ2v) is 24.9. The van der Waals surface area contributed by atoms with Crippen LogP contribution in [0.5, 0.6) is 0 Å². The van der Waals surface area contributed by atoms with Gasteiger partial charge in [0, 0.05) is 159 Å². The lowest BCUT2D eigenvalue weighted by Crippen LogP contribution is -2.55. The molecule has 4 aliphatic heterocycles. The third-order valence-corrected chi connectivity index (χ3v) is 15.1. The van der Waals surface area contributed by atoms with Gasteiger partial charge in [0.15, 0.2) is 0 Å². The normalized spacial score (nSPS) is 24.9. The number of piperazine rings is 4. The average Bonchev–Trinajstić information content (AvgIpc) is 3.58. The van der Waals surface area contributed by atoms with Gasteiger partial charge in [0.25, 0.3) is 0 Å². The van der Waals surface area contributed by atoms with Crippen LogP contribution in [0.4, 0.5) is 0 Å². The summed E-state index contributed by atoms with van der Waals surface area (Å²) in [6.07, 6.45) is 9.61. The van der Waals surface area contributed by atoms with Crippen LogP contribution in [0.2, 0.25) is 0 Å². The summed E-state index contributed by atoms with van der Waals surface area (Å²) in [5, 5.41) is 0. The first-order valence-corrected chi connectivity index (χ1v) is 26.1. The van der Waals surface area contributed by atoms with E-state index in [1.165, 1.54) is 156 Å². The number of ether oxygens (including phenoxy) is 1. The Kier molecular flexibility index (Phi) is 25.0. The molecule has 3 atom stereocenters. The summed E-state index contributed by atoms with van der Waals surface area (Å²) in [6.45, 7) is 64.9. The molecule has 0 aromatic carbocycles. The number of methoxy groups -OCH3 is 1. The van der Waals surface area contributed by atoms with Crippen LogP contribution in [0.15, 0.2) is 0 Å². The van der Waals surface area contributed by atoms with Gasteiger partial charge in [-0.15, -0.1) is 0 Å². The summed E-state index contributed by atoms with van der Waals surface area (Å²) in [6, 6.07) is 1.65. The van der Waals surface area contributed by atoms with E-state index in [0.29, 0.717) is 27.6 Å². The van der Waals surface area contributed by atoms with Crippen LogP contribution in [0.1, 0.15) is 170 Å². The Bertz CT molecular complexity index is 1140. The van der Waals surface area contributed by atoms with Crippen molar-refractivity contribution >= 4 is 0 Å². The molecule has 370 valence electrons. The quantitative estimate of drug-likeness (QED) is 0.202. The Labute approximate surface area is 389 Å². The molecule has 4 heterocycles. The number of rotatable bonds is 11. The zero-order valence-electron chi connectivity index (χ0n) is 45.6. The van der Waals surface area contributed by atoms with Gasteiger partial charge in [-0.1, -0.05) is 53.9 Å². The van der Waals surface area contributed by atoms with E-state index in [2.05, 4.69) is 164 Å². The maximum atomic E-state index is 5.08. The lowest BCUT2D eigenvalue weighted by molar-refractivity contribution is 0.0412. The highest BCUT2D eigenvalue weighted by atomic mass is 16.5. The van der Waals surface area contributed by atoms with E-state index in [1.807, 2.05) is 0 Å². The minimum absolute atomic E-state index is 0.327. The Morgan fingerprint density at radius 1 is 0.565 bits per heavy atom. The van der Waals surface area contributed by atoms with E-state index >= 15 is 0 Å². The van der Waals surface area contributed by atoms with Gasteiger partial charge in [0.05, 0.1) is 6.61 Å². The third kappa shape index (κ3) is 22.0. The standard InChI is InChI=1S/C15H30N2.C14H30N2.C13H28N2.C11H24N2O/c1-14(2,3)17-10-8-16(9-11-17)13-6-7-15(4,5)12-13;1-6-7-8-13(2)15-9-11-16(12-10-15)14(3,4)5;1-6-12(2)11-14-7-9-15(10-8-14)13(3,4)5;1-11(2,3)13-7-5-12(6-8-13)9-10-14-4/h13H,6-12H2,1-5H3;13H,6-12H2,1-5H3;12H,6-11H2,1-5H3;5-10H2,1-4H3. The molecule has 0 amide bonds. The smallest absolute Gasteiger partial charge is 0.0589 e. The molecule has 5 rings (SSSR count). The second-order valence-electron chi connectivity index (χ2n) is 24.9. The van der Waals surface area contributed by atoms with Crippen LogP contribution in [-0.2, 0) is 4.74 Å². The van der Waals surface area contributed by atoms with E-state index in [1.54, 1.807) is 7.11 Å². The topological polar surface area (TPSA) is 35.2 Å². The maximum absolute atomic E-state index is 5.08. The summed E-state index contributed by atoms with van der Waals surface area (Å²) in [5.41, 5.74) is 1.96. The van der Waals surface area contributed by atoms with Gasteiger partial charge in [-0.2, -0.15) is 0 Å². The molecule has 0 aromatic rings. The zero-order chi connectivity index (χ0) is 46.9. The molecule has 4 saturated heterocycles. The largest absolute Gasteiger partial charge is 0.383 e. The molecule has 9 heteroatoms. The Hall–Kier alpha value is -0.360. The van der Waals surface area contributed by atoms with Crippen LogP contribution >= 0.6 is 0 Å². The van der Waals surface area contributed by atoms with Crippen molar-refractivity contribution in [2.45, 2.75) is 204 Å². The molecule has 5 fully saturated rings. The molecule has 5 aliphatic rings. The molecular weight excluding hydrogens is 765 g/mol. The predicted octanol–water partition coefficient (Wildman–Crippen LogP) is 9.46. The van der Waals surface area contributed by atoms with Gasteiger partial charge in [0.1, 0.15) is 0 Å². The molecule has 0 aromatic heterocycles. The van der Waals surface area contributed by atoms with E-state index < -0.39 is 0 Å². The Balaban J connectivity index is 0.000000285. The fraction of sp³-hybridized carbons (Fsp3) is 1.00. The van der Waals surface area contributed by atoms with Crippen LogP contribution in [0.3, 0.4) is 0 Å². The van der Waals surface area contributed by atoms with Crippen molar-refractivity contribution in [2.24, 2.45) is 11.3 Å². The minimum atomic E-state index is 0.327. The Morgan fingerprint density at radius 3 is 1.32 bits per heavy atom. The first kappa shape index (κ1) is 57.8. The summed E-state index contributed by atoms with van der Waals surface area (Å²) < 4.78 is 5.08. The van der Waals surface area contributed by atoms with Crippen molar-refractivity contribution < 1.29 is 4.74 Å². The van der Waals surface area contributed by atoms with Gasteiger partial charge in [-0.05, 0) is 127 Å². The van der Waals surface area contributed by atoms with Crippen molar-refractivity contribution in [3.05, 3.63) is 0 Å². The Morgan fingerprint density at radius 2 is 0.968 bits per heavy atom. The molecule has 0 N–H and O–H groups in total. The predicted molar refractivity (Wildman–Crippen MR) is 273 cm³/mol. The third-order valence-electron chi connectivity index (χ3n) is 15.1. The van der Waals surface area contributed by atoms with Gasteiger partial charge >= 0.3 is 0 Å². The first-order valence-electron chi connectivity index (χ1n) is 26.1. The average molecular weight is 878 g/mol. The molecule has 1 aliphatic carbocycles. The van der Waals surface area contributed by atoms with Crippen LogP contribution < -0.4 is 0 Å². The number of nitrogens with zero attached hydrogens (tertiary/aromatic N) is 8. The lowest BCUT2D eigenvalue weighted by atomic mass is 9.91. The fourth-order valence-electron chi connectivity index (χ4n) is 10.0. The highest BCUT2D eigenvalue weighted by Gasteiger charge is 2.37. The summed E-state index contributed by atoms with van der Waals surface area (Å²) >= 11 is 0. The number of unbranched alkanes of at least 4 members (excludes halogenated alkanes) is 1. The maximum Gasteiger partial charge on any atom is 0.0589 e. The summed E-state index contributed by atoms with van der Waals surface area (Å²) in [4.78, 5) is 20.9. The zero-order valence-corrected chi connectivity index (χ0v) is 45.6. The highest BCUT2D eigenvalue weighted by Crippen LogP contribution is 2.39. The van der Waals surface area contributed by atoms with Crippen molar-refractivity contribution in [1.82, 2.24) is 39.2 Å². The van der Waals surface area contributed by atoms with Gasteiger partial charge < -0.3 is 9.64 Å². The highest BCUT2D eigenvalue weighted by molar-refractivity contribution is 4.92. The number of hydrogen-bond acceptors (Lipinski definition) is 9. The molecule has 62 heavy (non-hydrogen) atoms. The second kappa shape index (κ2) is 26.8. The van der Waals surface area contributed by atoms with Crippen molar-refractivity contribution in [1.29, 1.82) is 0 Å². The van der Waals surface area contributed by atoms with E-state index in [4.69, 9.17) is 4.74 Å². The monoisotopic (exact) mass is 877 g/mol. The van der Waals surface area contributed by atoms with E-state index in [9.17, 15) is 0 Å². The van der Waals surface area contributed by atoms with Crippen LogP contribution in [0, 0.1) is 11.3 Å². The van der Waals surface area contributed by atoms with E-state index in [0.717, 1.165) is 31.2 Å². The van der Waals surface area contributed by atoms with Crippen molar-refractivity contribution in [2.75, 3.05) is 132 Å². The van der Waals surface area contributed by atoms with E-state index in [-0.39, 0.29) is 0 Å². The fourth-order valence-corrected chi connectivity index (χ4v) is 10.0. The van der Waals surface area contributed by atoms with Crippen LogP contribution in [-0.4, -0.2) is 205 Å². The molecule has 9 nitrogen and oxygen atoms in total. The molecular formula is C53H112N8O. The van der Waals surface area contributed by atoms with Crippen molar-refractivity contribution in [3.63, 3.8) is 0 Å². The van der Waals surface area contributed by atoms with Crippen LogP contribution in [0.25, 0.3) is 0 Å². The minimum Gasteiger partial charge on any atom is -0.383 e. The van der Waals surface area contributed by atoms with Gasteiger partial charge in [-0.3, -0.25) is 34.3 Å². The van der Waals surface area contributed by atoms with Gasteiger partial charge in [-0.25, -0.2) is 0 Å².